The normalized spacial score (nSPS) is 14.8. The van der Waals surface area contributed by atoms with Gasteiger partial charge in [0.25, 0.3) is 0 Å². The van der Waals surface area contributed by atoms with Crippen molar-refractivity contribution < 1.29 is 0 Å². The largest absolute Gasteiger partial charge is 0.310 e. The Balaban J connectivity index is 2.23. The van der Waals surface area contributed by atoms with Gasteiger partial charge in [0.2, 0.25) is 0 Å². The average molecular weight is 208 g/mol. The fraction of sp³-hybridized carbons (Fsp3) is 0.636. The Morgan fingerprint density at radius 2 is 2.27 bits per heavy atom. The zero-order valence-corrected chi connectivity index (χ0v) is 9.56. The van der Waals surface area contributed by atoms with E-state index in [-0.39, 0.29) is 0 Å². The van der Waals surface area contributed by atoms with Gasteiger partial charge in [-0.2, -0.15) is 5.10 Å². The second-order valence-electron chi connectivity index (χ2n) is 3.95. The van der Waals surface area contributed by atoms with Crippen LogP contribution in [0.15, 0.2) is 25.3 Å². The minimum Gasteiger partial charge on any atom is -0.310 e. The van der Waals surface area contributed by atoms with E-state index < -0.39 is 0 Å². The van der Waals surface area contributed by atoms with Crippen molar-refractivity contribution in [2.75, 3.05) is 0 Å². The molecule has 1 heterocycles. The Bertz CT molecular complexity index is 268. The molecule has 0 aliphatic rings. The number of aromatic nitrogens is 3. The maximum atomic E-state index is 4.08. The summed E-state index contributed by atoms with van der Waals surface area (Å²) in [7, 11) is 0. The number of nitrogens with zero attached hydrogens (tertiary/aromatic N) is 3. The SMILES string of the molecule is C=CCCC(C)NC(C)Cn1cncn1. The minimum atomic E-state index is 0.409. The van der Waals surface area contributed by atoms with Crippen LogP contribution in [0.1, 0.15) is 26.7 Å². The van der Waals surface area contributed by atoms with Gasteiger partial charge in [-0.1, -0.05) is 6.08 Å². The fourth-order valence-corrected chi connectivity index (χ4v) is 1.60. The van der Waals surface area contributed by atoms with E-state index in [0.717, 1.165) is 19.4 Å². The highest BCUT2D eigenvalue weighted by Crippen LogP contribution is 1.99. The molecule has 2 unspecified atom stereocenters. The third-order valence-electron chi connectivity index (χ3n) is 2.30. The van der Waals surface area contributed by atoms with Crippen LogP contribution in [-0.4, -0.2) is 26.8 Å². The molecule has 84 valence electrons. The predicted octanol–water partition coefficient (Wildman–Crippen LogP) is 1.61. The summed E-state index contributed by atoms with van der Waals surface area (Å²) >= 11 is 0. The van der Waals surface area contributed by atoms with Gasteiger partial charge < -0.3 is 5.32 Å². The average Bonchev–Trinajstić information content (AvgIpc) is 2.67. The maximum Gasteiger partial charge on any atom is 0.137 e. The molecule has 0 spiro atoms. The van der Waals surface area contributed by atoms with E-state index in [0.29, 0.717) is 12.1 Å². The molecule has 0 fully saturated rings. The highest BCUT2D eigenvalue weighted by atomic mass is 15.3. The summed E-state index contributed by atoms with van der Waals surface area (Å²) in [5.41, 5.74) is 0. The summed E-state index contributed by atoms with van der Waals surface area (Å²) < 4.78 is 1.85. The first-order chi connectivity index (χ1) is 7.22. The summed E-state index contributed by atoms with van der Waals surface area (Å²) in [6, 6.07) is 0.924. The maximum absolute atomic E-state index is 4.08. The van der Waals surface area contributed by atoms with Gasteiger partial charge in [-0.05, 0) is 26.7 Å². The van der Waals surface area contributed by atoms with Crippen LogP contribution in [0.5, 0.6) is 0 Å². The third-order valence-corrected chi connectivity index (χ3v) is 2.30. The van der Waals surface area contributed by atoms with Crippen molar-refractivity contribution in [1.82, 2.24) is 20.1 Å². The van der Waals surface area contributed by atoms with Crippen molar-refractivity contribution in [3.63, 3.8) is 0 Å². The molecule has 4 nitrogen and oxygen atoms in total. The Kier molecular flexibility index (Phi) is 5.04. The van der Waals surface area contributed by atoms with Crippen molar-refractivity contribution in [3.8, 4) is 0 Å². The van der Waals surface area contributed by atoms with Crippen LogP contribution >= 0.6 is 0 Å². The standard InChI is InChI=1S/C11H20N4/c1-4-5-6-10(2)14-11(3)7-15-9-12-8-13-15/h4,8-11,14H,1,5-7H2,2-3H3. The smallest absolute Gasteiger partial charge is 0.137 e. The van der Waals surface area contributed by atoms with Crippen LogP contribution in [0, 0.1) is 0 Å². The topological polar surface area (TPSA) is 42.7 Å². The Morgan fingerprint density at radius 1 is 1.47 bits per heavy atom. The van der Waals surface area contributed by atoms with Gasteiger partial charge in [-0.3, -0.25) is 4.68 Å². The molecule has 1 N–H and O–H groups in total. The van der Waals surface area contributed by atoms with Crippen LogP contribution in [-0.2, 0) is 6.54 Å². The van der Waals surface area contributed by atoms with Gasteiger partial charge in [0.1, 0.15) is 12.7 Å². The molecular formula is C11H20N4. The first kappa shape index (κ1) is 11.9. The molecule has 0 aliphatic carbocycles. The Morgan fingerprint density at radius 3 is 2.87 bits per heavy atom. The molecule has 0 saturated heterocycles. The highest BCUT2D eigenvalue weighted by Gasteiger charge is 2.07. The summed E-state index contributed by atoms with van der Waals surface area (Å²) in [5, 5.41) is 7.59. The van der Waals surface area contributed by atoms with E-state index in [1.807, 2.05) is 10.8 Å². The molecule has 0 radical (unpaired) electrons. The van der Waals surface area contributed by atoms with Gasteiger partial charge in [-0.15, -0.1) is 6.58 Å². The number of hydrogen-bond acceptors (Lipinski definition) is 3. The van der Waals surface area contributed by atoms with E-state index in [2.05, 4.69) is 35.8 Å². The lowest BCUT2D eigenvalue weighted by Gasteiger charge is -2.19. The Hall–Kier alpha value is -1.16. The summed E-state index contributed by atoms with van der Waals surface area (Å²) in [6.07, 6.45) is 7.45. The summed E-state index contributed by atoms with van der Waals surface area (Å²) in [6.45, 7) is 8.94. The second-order valence-corrected chi connectivity index (χ2v) is 3.95. The van der Waals surface area contributed by atoms with Gasteiger partial charge >= 0.3 is 0 Å². The first-order valence-corrected chi connectivity index (χ1v) is 5.41. The highest BCUT2D eigenvalue weighted by molar-refractivity contribution is 4.73. The quantitative estimate of drug-likeness (QED) is 0.692. The second kappa shape index (κ2) is 6.35. The van der Waals surface area contributed by atoms with Crippen molar-refractivity contribution in [2.24, 2.45) is 0 Å². The molecular weight excluding hydrogens is 188 g/mol. The molecule has 15 heavy (non-hydrogen) atoms. The molecule has 1 aromatic heterocycles. The molecule has 1 rings (SSSR count). The fourth-order valence-electron chi connectivity index (χ4n) is 1.60. The summed E-state index contributed by atoms with van der Waals surface area (Å²) in [5.74, 6) is 0. The van der Waals surface area contributed by atoms with Gasteiger partial charge in [0.15, 0.2) is 0 Å². The number of nitrogens with one attached hydrogen (secondary N) is 1. The van der Waals surface area contributed by atoms with Crippen molar-refractivity contribution in [3.05, 3.63) is 25.3 Å². The molecule has 0 bridgehead atoms. The molecule has 2 atom stereocenters. The molecule has 0 amide bonds. The third kappa shape index (κ3) is 4.74. The number of allylic oxidation sites excluding steroid dienone is 1. The number of hydrogen-bond donors (Lipinski definition) is 1. The van der Waals surface area contributed by atoms with E-state index in [1.54, 1.807) is 12.7 Å². The van der Waals surface area contributed by atoms with E-state index >= 15 is 0 Å². The lowest BCUT2D eigenvalue weighted by atomic mass is 10.1. The molecule has 0 aromatic carbocycles. The van der Waals surface area contributed by atoms with Crippen LogP contribution in [0.25, 0.3) is 0 Å². The van der Waals surface area contributed by atoms with E-state index in [9.17, 15) is 0 Å². The van der Waals surface area contributed by atoms with Crippen molar-refractivity contribution in [1.29, 1.82) is 0 Å². The molecule has 0 saturated carbocycles. The lowest BCUT2D eigenvalue weighted by Crippen LogP contribution is -2.37. The molecule has 0 aliphatic heterocycles. The van der Waals surface area contributed by atoms with Crippen molar-refractivity contribution >= 4 is 0 Å². The van der Waals surface area contributed by atoms with Gasteiger partial charge in [0, 0.05) is 12.1 Å². The molecule has 1 aromatic rings. The Labute approximate surface area is 91.4 Å². The van der Waals surface area contributed by atoms with Crippen molar-refractivity contribution in [2.45, 2.75) is 45.3 Å². The monoisotopic (exact) mass is 208 g/mol. The van der Waals surface area contributed by atoms with Crippen LogP contribution in [0.3, 0.4) is 0 Å². The summed E-state index contributed by atoms with van der Waals surface area (Å²) in [4.78, 5) is 3.91. The lowest BCUT2D eigenvalue weighted by molar-refractivity contribution is 0.396. The minimum absolute atomic E-state index is 0.409. The van der Waals surface area contributed by atoms with Crippen LogP contribution in [0.4, 0.5) is 0 Å². The van der Waals surface area contributed by atoms with E-state index in [1.165, 1.54) is 0 Å². The first-order valence-electron chi connectivity index (χ1n) is 5.41. The molecule has 4 heteroatoms. The van der Waals surface area contributed by atoms with Crippen LogP contribution in [0.2, 0.25) is 0 Å². The number of rotatable bonds is 7. The van der Waals surface area contributed by atoms with E-state index in [4.69, 9.17) is 0 Å². The predicted molar refractivity (Wildman–Crippen MR) is 61.5 cm³/mol. The van der Waals surface area contributed by atoms with Gasteiger partial charge in [-0.25, -0.2) is 4.98 Å². The zero-order valence-electron chi connectivity index (χ0n) is 9.56. The zero-order chi connectivity index (χ0) is 11.1. The van der Waals surface area contributed by atoms with Gasteiger partial charge in [0.05, 0.1) is 6.54 Å². The van der Waals surface area contributed by atoms with Crippen LogP contribution < -0.4 is 5.32 Å².